The lowest BCUT2D eigenvalue weighted by Gasteiger charge is -2.53. The van der Waals surface area contributed by atoms with Crippen LogP contribution in [0.2, 0.25) is 0 Å². The van der Waals surface area contributed by atoms with Gasteiger partial charge >= 0.3 is 10.4 Å². The van der Waals surface area contributed by atoms with Gasteiger partial charge in [0.1, 0.15) is 0 Å². The first-order valence-corrected chi connectivity index (χ1v) is 13.2. The lowest BCUT2D eigenvalue weighted by molar-refractivity contribution is 0.0728. The van der Waals surface area contributed by atoms with Gasteiger partial charge in [-0.05, 0) is 98.0 Å². The normalized spacial score (nSPS) is 29.3. The summed E-state index contributed by atoms with van der Waals surface area (Å²) in [5.41, 5.74) is 3.28. The molecule has 0 saturated heterocycles. The summed E-state index contributed by atoms with van der Waals surface area (Å²) in [6, 6.07) is 1.96. The second kappa shape index (κ2) is 9.80. The number of hydrogen-bond acceptors (Lipinski definition) is 4. The zero-order valence-corrected chi connectivity index (χ0v) is 20.4. The van der Waals surface area contributed by atoms with E-state index in [9.17, 15) is 8.42 Å². The van der Waals surface area contributed by atoms with Crippen LogP contribution in [0.4, 0.5) is 0 Å². The quantitative estimate of drug-likeness (QED) is 0.319. The standard InChI is InChI=1S/C25H40O5S/c1-19-10-11-22-23(9-6-14-24(22,2)3)25(19,4)15-12-20(18-30-31(26,27)28)7-5-8-21-13-16-29-17-21/h9,13,16-17,19-20,22H,5-8,10-12,14-15,18H2,1-4H3,(H,26,27,28)/t19-,20?,22-,25-/m1/s1. The lowest BCUT2D eigenvalue weighted by Crippen LogP contribution is -2.43. The van der Waals surface area contributed by atoms with Gasteiger partial charge in [-0.25, -0.2) is 4.18 Å². The molecule has 0 aliphatic heterocycles. The van der Waals surface area contributed by atoms with Crippen molar-refractivity contribution in [3.63, 3.8) is 0 Å². The third kappa shape index (κ3) is 6.23. The van der Waals surface area contributed by atoms with Gasteiger partial charge in [-0.3, -0.25) is 4.55 Å². The van der Waals surface area contributed by atoms with E-state index >= 15 is 0 Å². The van der Waals surface area contributed by atoms with Crippen LogP contribution in [0.5, 0.6) is 0 Å². The fourth-order valence-corrected chi connectivity index (χ4v) is 6.32. The molecule has 6 heteroatoms. The predicted octanol–water partition coefficient (Wildman–Crippen LogP) is 6.62. The number of hydrogen-bond donors (Lipinski definition) is 1. The van der Waals surface area contributed by atoms with Gasteiger partial charge in [-0.2, -0.15) is 8.42 Å². The van der Waals surface area contributed by atoms with E-state index in [0.29, 0.717) is 17.3 Å². The fraction of sp³-hybridized carbons (Fsp3) is 0.760. The molecule has 1 saturated carbocycles. The third-order valence-corrected chi connectivity index (χ3v) is 8.72. The topological polar surface area (TPSA) is 76.7 Å². The third-order valence-electron chi connectivity index (χ3n) is 8.29. The van der Waals surface area contributed by atoms with Gasteiger partial charge in [-0.15, -0.1) is 0 Å². The summed E-state index contributed by atoms with van der Waals surface area (Å²) in [6.07, 6.45) is 15.5. The molecule has 1 heterocycles. The minimum Gasteiger partial charge on any atom is -0.472 e. The zero-order valence-electron chi connectivity index (χ0n) is 19.6. The molecule has 176 valence electrons. The monoisotopic (exact) mass is 452 g/mol. The molecular weight excluding hydrogens is 412 g/mol. The highest BCUT2D eigenvalue weighted by Crippen LogP contribution is 2.58. The highest BCUT2D eigenvalue weighted by molar-refractivity contribution is 7.80. The number of allylic oxidation sites excluding steroid dienone is 2. The summed E-state index contributed by atoms with van der Waals surface area (Å²) in [5, 5.41) is 0. The number of fused-ring (bicyclic) bond motifs is 1. The van der Waals surface area contributed by atoms with E-state index in [1.807, 2.05) is 6.07 Å². The van der Waals surface area contributed by atoms with E-state index in [0.717, 1.165) is 44.1 Å². The first kappa shape index (κ1) is 24.5. The van der Waals surface area contributed by atoms with Crippen molar-refractivity contribution in [2.24, 2.45) is 28.6 Å². The highest BCUT2D eigenvalue weighted by atomic mass is 32.3. The van der Waals surface area contributed by atoms with Gasteiger partial charge in [0.25, 0.3) is 0 Å². The molecule has 0 spiro atoms. The number of rotatable bonds is 10. The SMILES string of the molecule is C[C@@H]1CC[C@@H]2C(=CCCC2(C)C)[C@]1(C)CCC(CCCc1ccoc1)COS(=O)(=O)O. The molecule has 1 N–H and O–H groups in total. The van der Waals surface area contributed by atoms with Gasteiger partial charge in [0.05, 0.1) is 19.1 Å². The van der Waals surface area contributed by atoms with E-state index in [4.69, 9.17) is 13.2 Å². The van der Waals surface area contributed by atoms with Crippen molar-refractivity contribution in [2.75, 3.05) is 6.61 Å². The Balaban J connectivity index is 1.67. The second-order valence-electron chi connectivity index (χ2n) is 10.8. The van der Waals surface area contributed by atoms with Crippen molar-refractivity contribution in [1.29, 1.82) is 0 Å². The predicted molar refractivity (Wildman–Crippen MR) is 123 cm³/mol. The molecule has 0 amide bonds. The molecule has 2 aliphatic carbocycles. The average molecular weight is 453 g/mol. The molecule has 4 atom stereocenters. The van der Waals surface area contributed by atoms with Crippen LogP contribution in [-0.4, -0.2) is 19.6 Å². The summed E-state index contributed by atoms with van der Waals surface area (Å²) in [4.78, 5) is 0. The first-order valence-electron chi connectivity index (χ1n) is 11.8. The summed E-state index contributed by atoms with van der Waals surface area (Å²) in [6.45, 7) is 9.67. The highest BCUT2D eigenvalue weighted by Gasteiger charge is 2.47. The molecule has 0 radical (unpaired) electrons. The molecule has 31 heavy (non-hydrogen) atoms. The van der Waals surface area contributed by atoms with Crippen LogP contribution in [-0.2, 0) is 21.0 Å². The Morgan fingerprint density at radius 2 is 2.03 bits per heavy atom. The maximum Gasteiger partial charge on any atom is 0.397 e. The average Bonchev–Trinajstić information content (AvgIpc) is 3.19. The molecule has 5 nitrogen and oxygen atoms in total. The molecule has 1 fully saturated rings. The van der Waals surface area contributed by atoms with Crippen molar-refractivity contribution in [1.82, 2.24) is 0 Å². The molecule has 1 aromatic rings. The number of furan rings is 1. The Morgan fingerprint density at radius 3 is 2.71 bits per heavy atom. The van der Waals surface area contributed by atoms with E-state index in [2.05, 4.69) is 33.8 Å². The Morgan fingerprint density at radius 1 is 1.26 bits per heavy atom. The van der Waals surface area contributed by atoms with Crippen LogP contribution in [0.15, 0.2) is 34.7 Å². The van der Waals surface area contributed by atoms with Crippen LogP contribution in [0.1, 0.15) is 84.6 Å². The molecule has 1 aromatic heterocycles. The number of aryl methyl sites for hydroxylation is 1. The summed E-state index contributed by atoms with van der Waals surface area (Å²) < 4.78 is 41.4. The van der Waals surface area contributed by atoms with Crippen LogP contribution in [0, 0.1) is 28.6 Å². The Hall–Kier alpha value is -1.11. The zero-order chi connectivity index (χ0) is 22.7. The molecule has 0 bridgehead atoms. The maximum absolute atomic E-state index is 11.2. The molecule has 0 aromatic carbocycles. The first-order chi connectivity index (χ1) is 14.5. The lowest BCUT2D eigenvalue weighted by atomic mass is 9.52. The smallest absolute Gasteiger partial charge is 0.397 e. The van der Waals surface area contributed by atoms with Crippen molar-refractivity contribution in [2.45, 2.75) is 85.5 Å². The van der Waals surface area contributed by atoms with Crippen molar-refractivity contribution in [3.8, 4) is 0 Å². The maximum atomic E-state index is 11.2. The molecule has 1 unspecified atom stereocenters. The van der Waals surface area contributed by atoms with Crippen molar-refractivity contribution in [3.05, 3.63) is 35.8 Å². The van der Waals surface area contributed by atoms with Gasteiger partial charge < -0.3 is 4.42 Å². The minimum atomic E-state index is -4.42. The van der Waals surface area contributed by atoms with E-state index in [1.54, 1.807) is 18.1 Å². The molecule has 2 aliphatic rings. The Bertz CT molecular complexity index is 839. The molecule has 3 rings (SSSR count). The van der Waals surface area contributed by atoms with Crippen LogP contribution >= 0.6 is 0 Å². The minimum absolute atomic E-state index is 0.0443. The van der Waals surface area contributed by atoms with Gasteiger partial charge in [0.2, 0.25) is 0 Å². The van der Waals surface area contributed by atoms with E-state index in [-0.39, 0.29) is 17.9 Å². The van der Waals surface area contributed by atoms with E-state index in [1.165, 1.54) is 19.3 Å². The van der Waals surface area contributed by atoms with Crippen LogP contribution in [0.25, 0.3) is 0 Å². The summed E-state index contributed by atoms with van der Waals surface area (Å²) >= 11 is 0. The van der Waals surface area contributed by atoms with Crippen LogP contribution < -0.4 is 0 Å². The Labute approximate surface area is 188 Å². The fourth-order valence-electron chi connectivity index (χ4n) is 5.95. The molecular formula is C25H40O5S. The second-order valence-corrected chi connectivity index (χ2v) is 11.9. The van der Waals surface area contributed by atoms with Crippen molar-refractivity contribution < 1.29 is 21.6 Å². The Kier molecular flexibility index (Phi) is 7.75. The van der Waals surface area contributed by atoms with Gasteiger partial charge in [-0.1, -0.05) is 39.3 Å². The van der Waals surface area contributed by atoms with E-state index < -0.39 is 10.4 Å². The largest absolute Gasteiger partial charge is 0.472 e. The summed E-state index contributed by atoms with van der Waals surface area (Å²) in [5.74, 6) is 1.35. The van der Waals surface area contributed by atoms with Gasteiger partial charge in [0, 0.05) is 0 Å². The van der Waals surface area contributed by atoms with Crippen LogP contribution in [0.3, 0.4) is 0 Å². The van der Waals surface area contributed by atoms with Gasteiger partial charge in [0.15, 0.2) is 0 Å². The summed E-state index contributed by atoms with van der Waals surface area (Å²) in [7, 11) is -4.42. The van der Waals surface area contributed by atoms with Crippen molar-refractivity contribution >= 4 is 10.4 Å².